The summed E-state index contributed by atoms with van der Waals surface area (Å²) in [4.78, 5) is 0. The molecule has 0 radical (unpaired) electrons. The van der Waals surface area contributed by atoms with E-state index in [1.54, 1.807) is 6.92 Å². The van der Waals surface area contributed by atoms with Crippen LogP contribution in [-0.2, 0) is 4.74 Å². The molecule has 0 aliphatic carbocycles. The molecule has 2 atom stereocenters. The summed E-state index contributed by atoms with van der Waals surface area (Å²) in [6.45, 7) is 2.01. The van der Waals surface area contributed by atoms with E-state index in [9.17, 15) is 9.50 Å². The molecule has 0 aliphatic heterocycles. The molecule has 17 heavy (non-hydrogen) atoms. The lowest BCUT2D eigenvalue weighted by molar-refractivity contribution is 0.0322. The van der Waals surface area contributed by atoms with Gasteiger partial charge < -0.3 is 20.3 Å². The second-order valence-electron chi connectivity index (χ2n) is 3.89. The number of aliphatic hydroxyl groups excluding tert-OH is 1. The summed E-state index contributed by atoms with van der Waals surface area (Å²) in [5.74, 6) is 0.124. The van der Waals surface area contributed by atoms with Crippen molar-refractivity contribution in [3.8, 4) is 5.75 Å². The maximum atomic E-state index is 13.0. The Kier molecular flexibility index (Phi) is 5.34. The van der Waals surface area contributed by atoms with Gasteiger partial charge in [0.25, 0.3) is 0 Å². The Bertz CT molecular complexity index is 358. The van der Waals surface area contributed by atoms with Crippen LogP contribution in [0.15, 0.2) is 18.2 Å². The molecule has 0 heterocycles. The molecule has 0 spiro atoms. The third-order valence-electron chi connectivity index (χ3n) is 2.25. The first kappa shape index (κ1) is 13.9. The second kappa shape index (κ2) is 6.54. The van der Waals surface area contributed by atoms with Crippen molar-refractivity contribution in [2.24, 2.45) is 5.73 Å². The molecular weight excluding hydrogens is 225 g/mol. The summed E-state index contributed by atoms with van der Waals surface area (Å²) < 4.78 is 23.2. The van der Waals surface area contributed by atoms with Gasteiger partial charge in [-0.3, -0.25) is 0 Å². The Balaban J connectivity index is 2.70. The molecule has 0 bridgehead atoms. The first-order valence-corrected chi connectivity index (χ1v) is 5.39. The molecule has 3 N–H and O–H groups in total. The number of hydrogen-bond donors (Lipinski definition) is 2. The standard InChI is InChI=1S/C12H18FNO3/c1-8(14)11-5-9(13)3-4-12(11)17-7-10(15)6-16-2/h3-5,8,10,15H,6-7,14H2,1-2H3/t8-,10?/m1/s1. The maximum Gasteiger partial charge on any atom is 0.124 e. The smallest absolute Gasteiger partial charge is 0.124 e. The predicted molar refractivity (Wildman–Crippen MR) is 62.4 cm³/mol. The van der Waals surface area contributed by atoms with Crippen LogP contribution in [0.1, 0.15) is 18.5 Å². The number of ether oxygens (including phenoxy) is 2. The van der Waals surface area contributed by atoms with Gasteiger partial charge in [-0.25, -0.2) is 4.39 Å². The van der Waals surface area contributed by atoms with Gasteiger partial charge in [-0.15, -0.1) is 0 Å². The summed E-state index contributed by atoms with van der Waals surface area (Å²) >= 11 is 0. The van der Waals surface area contributed by atoms with E-state index in [0.717, 1.165) is 0 Å². The van der Waals surface area contributed by atoms with E-state index < -0.39 is 6.10 Å². The van der Waals surface area contributed by atoms with E-state index in [0.29, 0.717) is 11.3 Å². The molecule has 1 aromatic carbocycles. The summed E-state index contributed by atoms with van der Waals surface area (Å²) in [6.07, 6.45) is -0.717. The van der Waals surface area contributed by atoms with E-state index in [1.807, 2.05) is 0 Å². The van der Waals surface area contributed by atoms with Gasteiger partial charge in [0.05, 0.1) is 6.61 Å². The van der Waals surface area contributed by atoms with Crippen LogP contribution in [0.3, 0.4) is 0 Å². The van der Waals surface area contributed by atoms with Crippen molar-refractivity contribution < 1.29 is 19.0 Å². The molecule has 0 aromatic heterocycles. The molecule has 1 rings (SSSR count). The summed E-state index contributed by atoms with van der Waals surface area (Å²) in [5.41, 5.74) is 6.29. The average Bonchev–Trinajstić information content (AvgIpc) is 2.27. The Labute approximate surface area is 100 Å². The minimum Gasteiger partial charge on any atom is -0.490 e. The molecular formula is C12H18FNO3. The number of halogens is 1. The van der Waals surface area contributed by atoms with E-state index in [-0.39, 0.29) is 25.1 Å². The van der Waals surface area contributed by atoms with Crippen molar-refractivity contribution in [2.75, 3.05) is 20.3 Å². The Morgan fingerprint density at radius 3 is 2.71 bits per heavy atom. The fourth-order valence-corrected chi connectivity index (χ4v) is 1.43. The van der Waals surface area contributed by atoms with E-state index in [2.05, 4.69) is 0 Å². The molecule has 96 valence electrons. The molecule has 0 saturated heterocycles. The average molecular weight is 243 g/mol. The van der Waals surface area contributed by atoms with Gasteiger partial charge in [0.15, 0.2) is 0 Å². The van der Waals surface area contributed by atoms with Crippen LogP contribution in [0.5, 0.6) is 5.75 Å². The van der Waals surface area contributed by atoms with Crippen LogP contribution in [0.4, 0.5) is 4.39 Å². The number of rotatable bonds is 6. The van der Waals surface area contributed by atoms with E-state index in [1.165, 1.54) is 25.3 Å². The van der Waals surface area contributed by atoms with Crippen LogP contribution in [0.2, 0.25) is 0 Å². The second-order valence-corrected chi connectivity index (χ2v) is 3.89. The molecule has 1 aromatic rings. The number of hydrogen-bond acceptors (Lipinski definition) is 4. The lowest BCUT2D eigenvalue weighted by atomic mass is 10.1. The lowest BCUT2D eigenvalue weighted by Crippen LogP contribution is -2.23. The minimum atomic E-state index is -0.717. The Morgan fingerprint density at radius 1 is 1.41 bits per heavy atom. The van der Waals surface area contributed by atoms with E-state index >= 15 is 0 Å². The highest BCUT2D eigenvalue weighted by Crippen LogP contribution is 2.24. The van der Waals surface area contributed by atoms with Crippen molar-refractivity contribution >= 4 is 0 Å². The van der Waals surface area contributed by atoms with Gasteiger partial charge >= 0.3 is 0 Å². The number of benzene rings is 1. The molecule has 1 unspecified atom stereocenters. The third-order valence-corrected chi connectivity index (χ3v) is 2.25. The number of nitrogens with two attached hydrogens (primary N) is 1. The highest BCUT2D eigenvalue weighted by atomic mass is 19.1. The number of aliphatic hydroxyl groups is 1. The minimum absolute atomic E-state index is 0.0825. The van der Waals surface area contributed by atoms with Gasteiger partial charge in [0, 0.05) is 18.7 Å². The fraction of sp³-hybridized carbons (Fsp3) is 0.500. The van der Waals surface area contributed by atoms with Gasteiger partial charge in [-0.05, 0) is 25.1 Å². The normalized spacial score (nSPS) is 14.4. The zero-order chi connectivity index (χ0) is 12.8. The topological polar surface area (TPSA) is 64.7 Å². The molecule has 0 aliphatic rings. The van der Waals surface area contributed by atoms with Crippen molar-refractivity contribution in [3.63, 3.8) is 0 Å². The number of methoxy groups -OCH3 is 1. The molecule has 0 amide bonds. The predicted octanol–water partition coefficient (Wildman–Crippen LogP) is 1.23. The zero-order valence-corrected chi connectivity index (χ0v) is 10.0. The van der Waals surface area contributed by atoms with E-state index in [4.69, 9.17) is 15.2 Å². The highest BCUT2D eigenvalue weighted by Gasteiger charge is 2.11. The van der Waals surface area contributed by atoms with Crippen molar-refractivity contribution in [1.82, 2.24) is 0 Å². The largest absolute Gasteiger partial charge is 0.490 e. The van der Waals surface area contributed by atoms with Gasteiger partial charge in [-0.2, -0.15) is 0 Å². The van der Waals surface area contributed by atoms with Crippen LogP contribution >= 0.6 is 0 Å². The summed E-state index contributed by atoms with van der Waals surface area (Å²) in [6, 6.07) is 3.81. The first-order chi connectivity index (χ1) is 8.04. The zero-order valence-electron chi connectivity index (χ0n) is 10.0. The molecule has 4 nitrogen and oxygen atoms in total. The van der Waals surface area contributed by atoms with Crippen LogP contribution in [-0.4, -0.2) is 31.5 Å². The molecule has 0 fully saturated rings. The maximum absolute atomic E-state index is 13.0. The van der Waals surface area contributed by atoms with Crippen LogP contribution in [0, 0.1) is 5.82 Å². The van der Waals surface area contributed by atoms with Gasteiger partial charge in [0.2, 0.25) is 0 Å². The monoisotopic (exact) mass is 243 g/mol. The SMILES string of the molecule is COCC(O)COc1ccc(F)cc1[C@@H](C)N. The van der Waals surface area contributed by atoms with Gasteiger partial charge in [0.1, 0.15) is 24.3 Å². The van der Waals surface area contributed by atoms with Crippen molar-refractivity contribution in [2.45, 2.75) is 19.1 Å². The van der Waals surface area contributed by atoms with Crippen LogP contribution in [0.25, 0.3) is 0 Å². The quantitative estimate of drug-likeness (QED) is 0.788. The Hall–Kier alpha value is -1.17. The lowest BCUT2D eigenvalue weighted by Gasteiger charge is -2.16. The van der Waals surface area contributed by atoms with Crippen LogP contribution < -0.4 is 10.5 Å². The fourth-order valence-electron chi connectivity index (χ4n) is 1.43. The third kappa shape index (κ3) is 4.30. The molecule has 5 heteroatoms. The first-order valence-electron chi connectivity index (χ1n) is 5.39. The van der Waals surface area contributed by atoms with Gasteiger partial charge in [-0.1, -0.05) is 0 Å². The molecule has 0 saturated carbocycles. The highest BCUT2D eigenvalue weighted by molar-refractivity contribution is 5.36. The summed E-state index contributed by atoms with van der Waals surface area (Å²) in [7, 11) is 1.49. The Morgan fingerprint density at radius 2 is 2.12 bits per heavy atom. The van der Waals surface area contributed by atoms with Crippen molar-refractivity contribution in [1.29, 1.82) is 0 Å². The summed E-state index contributed by atoms with van der Waals surface area (Å²) in [5, 5.41) is 9.44. The van der Waals surface area contributed by atoms with Crippen molar-refractivity contribution in [3.05, 3.63) is 29.6 Å².